The number of benzene rings is 11. The Labute approximate surface area is 453 Å². The van der Waals surface area contributed by atoms with Gasteiger partial charge in [-0.25, -0.2) is 0 Å². The van der Waals surface area contributed by atoms with Gasteiger partial charge in [0.15, 0.2) is 0 Å². The van der Waals surface area contributed by atoms with Crippen molar-refractivity contribution in [2.75, 3.05) is 14.7 Å². The summed E-state index contributed by atoms with van der Waals surface area (Å²) >= 11 is 0. The van der Waals surface area contributed by atoms with Crippen molar-refractivity contribution in [3.8, 4) is 11.1 Å². The third-order valence-electron chi connectivity index (χ3n) is 17.8. The molecule has 4 aliphatic rings. The Hall–Kier alpha value is -9.12. The molecule has 11 aromatic carbocycles. The van der Waals surface area contributed by atoms with E-state index in [0.29, 0.717) is 0 Å². The maximum absolute atomic E-state index is 2.66. The molecule has 3 nitrogen and oxygen atoms in total. The van der Waals surface area contributed by atoms with Crippen LogP contribution in [-0.4, -0.2) is 6.71 Å². The third-order valence-corrected chi connectivity index (χ3v) is 17.8. The molecule has 1 spiro atoms. The first kappa shape index (κ1) is 45.3. The third kappa shape index (κ3) is 6.45. The molecule has 0 amide bonds. The zero-order valence-corrected chi connectivity index (χ0v) is 43.8. The number of fused-ring (bicyclic) bond motifs is 13. The van der Waals surface area contributed by atoms with E-state index in [1.807, 2.05) is 0 Å². The molecule has 0 unspecified atom stereocenters. The molecule has 4 heteroatoms. The SMILES string of the molecule is CC(C)(c1ccccc1)c1cccc(N2c3cc(C(C)(C)c4ccccc4)ccc3B3c4cccc5c4N(c4ccccc4C54c5ccccc5-c5ccccc54)c4cc(N(c5ccccc5)c5ccccc5)cc2c43)c1. The van der Waals surface area contributed by atoms with Crippen LogP contribution in [0.3, 0.4) is 0 Å². The molecule has 15 rings (SSSR count). The largest absolute Gasteiger partial charge is 0.311 e. The van der Waals surface area contributed by atoms with Gasteiger partial charge in [-0.3, -0.25) is 0 Å². The lowest BCUT2D eigenvalue weighted by Crippen LogP contribution is -2.62. The van der Waals surface area contributed by atoms with E-state index in [-0.39, 0.29) is 17.5 Å². The van der Waals surface area contributed by atoms with Gasteiger partial charge in [-0.15, -0.1) is 0 Å². The zero-order valence-electron chi connectivity index (χ0n) is 43.8. The molecule has 366 valence electrons. The number of nitrogens with zero attached hydrogens (tertiary/aromatic N) is 3. The van der Waals surface area contributed by atoms with E-state index in [9.17, 15) is 0 Å². The van der Waals surface area contributed by atoms with E-state index in [4.69, 9.17) is 0 Å². The first-order valence-corrected chi connectivity index (χ1v) is 27.2. The molecular weight excluding hydrogens is 930 g/mol. The Kier molecular flexibility index (Phi) is 9.97. The monoisotopic (exact) mass is 985 g/mol. The van der Waals surface area contributed by atoms with Gasteiger partial charge in [-0.1, -0.05) is 234 Å². The van der Waals surface area contributed by atoms with Gasteiger partial charge in [0.25, 0.3) is 6.71 Å². The molecule has 3 aliphatic heterocycles. The highest BCUT2D eigenvalue weighted by atomic mass is 15.2. The van der Waals surface area contributed by atoms with Crippen LogP contribution in [0.4, 0.5) is 51.2 Å². The second-order valence-corrected chi connectivity index (χ2v) is 22.4. The summed E-state index contributed by atoms with van der Waals surface area (Å²) in [7, 11) is 0. The van der Waals surface area contributed by atoms with Crippen molar-refractivity contribution in [3.05, 3.63) is 311 Å². The second kappa shape index (κ2) is 16.9. The van der Waals surface area contributed by atoms with Gasteiger partial charge in [-0.2, -0.15) is 0 Å². The van der Waals surface area contributed by atoms with Crippen LogP contribution in [0.15, 0.2) is 267 Å². The average molecular weight is 986 g/mol. The van der Waals surface area contributed by atoms with Gasteiger partial charge < -0.3 is 14.7 Å². The van der Waals surface area contributed by atoms with Crippen LogP contribution in [0.2, 0.25) is 0 Å². The van der Waals surface area contributed by atoms with Gasteiger partial charge in [-0.05, 0) is 133 Å². The van der Waals surface area contributed by atoms with Crippen molar-refractivity contribution < 1.29 is 0 Å². The van der Waals surface area contributed by atoms with Crippen molar-refractivity contribution in [2.24, 2.45) is 0 Å². The Morgan fingerprint density at radius 2 is 0.818 bits per heavy atom. The summed E-state index contributed by atoms with van der Waals surface area (Å²) in [5.74, 6) is 0. The van der Waals surface area contributed by atoms with E-state index in [0.717, 1.165) is 22.7 Å². The highest BCUT2D eigenvalue weighted by Crippen LogP contribution is 2.64. The van der Waals surface area contributed by atoms with Crippen LogP contribution in [0, 0.1) is 0 Å². The number of para-hydroxylation sites is 4. The van der Waals surface area contributed by atoms with Gasteiger partial charge >= 0.3 is 0 Å². The number of hydrogen-bond donors (Lipinski definition) is 0. The van der Waals surface area contributed by atoms with Crippen molar-refractivity contribution in [1.29, 1.82) is 0 Å². The van der Waals surface area contributed by atoms with E-state index >= 15 is 0 Å². The standard InChI is InChI=1S/C73H56BN3/c1-71(2,49-25-9-5-10-26-49)51-29-23-34-55(45-51)76-66-46-52(72(3,4)50-27-11-6-12-28-50)43-44-63(66)74-64-41-24-40-62-70(64)77(65-42-22-21-39-61(65)73(62)59-37-19-17-35-57(59)58-36-18-20-38-60(58)73)68-48-56(47-67(76)69(68)74)75(53-30-13-7-14-31-53)54-32-15-8-16-33-54/h5-48H,1-4H3. The summed E-state index contributed by atoms with van der Waals surface area (Å²) in [5, 5.41) is 0. The molecule has 0 saturated heterocycles. The average Bonchev–Trinajstić information content (AvgIpc) is 4.07. The van der Waals surface area contributed by atoms with E-state index in [1.165, 1.54) is 100 Å². The minimum atomic E-state index is -0.553. The predicted molar refractivity (Wildman–Crippen MR) is 323 cm³/mol. The molecule has 0 saturated carbocycles. The quantitative estimate of drug-likeness (QED) is 0.141. The first-order valence-electron chi connectivity index (χ1n) is 27.2. The molecule has 1 aliphatic carbocycles. The van der Waals surface area contributed by atoms with Crippen LogP contribution in [0.25, 0.3) is 11.1 Å². The summed E-state index contributed by atoms with van der Waals surface area (Å²) in [6.45, 7) is 9.38. The maximum Gasteiger partial charge on any atom is 0.252 e. The van der Waals surface area contributed by atoms with Crippen molar-refractivity contribution in [3.63, 3.8) is 0 Å². The van der Waals surface area contributed by atoms with Crippen LogP contribution in [-0.2, 0) is 16.2 Å². The van der Waals surface area contributed by atoms with E-state index < -0.39 is 5.41 Å². The highest BCUT2D eigenvalue weighted by Gasteiger charge is 2.55. The van der Waals surface area contributed by atoms with Crippen molar-refractivity contribution in [2.45, 2.75) is 43.9 Å². The maximum atomic E-state index is 2.66. The summed E-state index contributed by atoms with van der Waals surface area (Å²) < 4.78 is 0. The topological polar surface area (TPSA) is 9.72 Å². The van der Waals surface area contributed by atoms with E-state index in [1.54, 1.807) is 0 Å². The molecule has 0 fully saturated rings. The Morgan fingerprint density at radius 1 is 0.338 bits per heavy atom. The fourth-order valence-electron chi connectivity index (χ4n) is 14.0. The molecule has 0 aromatic heterocycles. The smallest absolute Gasteiger partial charge is 0.252 e. The van der Waals surface area contributed by atoms with Crippen molar-refractivity contribution >= 4 is 74.3 Å². The van der Waals surface area contributed by atoms with Gasteiger partial charge in [0.2, 0.25) is 0 Å². The fraction of sp³-hybridized carbons (Fsp3) is 0.0959. The molecule has 11 aromatic rings. The number of anilines is 9. The molecular formula is C73H56BN3. The van der Waals surface area contributed by atoms with Gasteiger partial charge in [0.1, 0.15) is 0 Å². The summed E-state index contributed by atoms with van der Waals surface area (Å²) in [4.78, 5) is 7.73. The lowest BCUT2D eigenvalue weighted by Gasteiger charge is -2.51. The predicted octanol–water partition coefficient (Wildman–Crippen LogP) is 16.6. The summed E-state index contributed by atoms with van der Waals surface area (Å²) in [6.07, 6.45) is 0. The Balaban J connectivity index is 1.08. The molecule has 0 atom stereocenters. The Morgan fingerprint density at radius 3 is 1.43 bits per heavy atom. The van der Waals surface area contributed by atoms with E-state index in [2.05, 4.69) is 309 Å². The second-order valence-electron chi connectivity index (χ2n) is 22.4. The van der Waals surface area contributed by atoms with Crippen LogP contribution in [0.5, 0.6) is 0 Å². The Bertz CT molecular complexity index is 4040. The molecule has 77 heavy (non-hydrogen) atoms. The minimum Gasteiger partial charge on any atom is -0.311 e. The number of rotatable bonds is 8. The van der Waals surface area contributed by atoms with Crippen LogP contribution in [0.1, 0.15) is 72.2 Å². The molecule has 0 N–H and O–H groups in total. The zero-order chi connectivity index (χ0) is 51.6. The van der Waals surface area contributed by atoms with Crippen molar-refractivity contribution in [1.82, 2.24) is 0 Å². The molecule has 0 radical (unpaired) electrons. The first-order chi connectivity index (χ1) is 37.7. The number of hydrogen-bond acceptors (Lipinski definition) is 3. The molecule has 3 heterocycles. The molecule has 0 bridgehead atoms. The fourth-order valence-corrected chi connectivity index (χ4v) is 14.0. The lowest BCUT2D eigenvalue weighted by atomic mass is 9.33. The van der Waals surface area contributed by atoms with Gasteiger partial charge in [0, 0.05) is 50.6 Å². The van der Waals surface area contributed by atoms with Crippen LogP contribution >= 0.6 is 0 Å². The summed E-state index contributed by atoms with van der Waals surface area (Å²) in [5.41, 5.74) is 26.2. The van der Waals surface area contributed by atoms with Crippen LogP contribution < -0.4 is 31.1 Å². The highest BCUT2D eigenvalue weighted by molar-refractivity contribution is 7.00. The minimum absolute atomic E-state index is 0.0968. The normalized spacial score (nSPS) is 14.0. The summed E-state index contributed by atoms with van der Waals surface area (Å²) in [6, 6.07) is 100. The lowest BCUT2D eigenvalue weighted by molar-refractivity contribution is 0.640. The van der Waals surface area contributed by atoms with Gasteiger partial charge in [0.05, 0.1) is 16.8 Å².